The summed E-state index contributed by atoms with van der Waals surface area (Å²) in [7, 11) is 3.25. The first-order chi connectivity index (χ1) is 18.6. The van der Waals surface area contributed by atoms with Crippen molar-refractivity contribution in [1.82, 2.24) is 0 Å². The Hall–Kier alpha value is -3.38. The molecule has 0 amide bonds. The SMILES string of the molecule is COc1ccc(F)c(-c2ccc(COc3ccc4c(c3)[C@]3(CCC4)C[C@H]3C(=O)O)cc2[C@@H](OC)C(C)(C)C)c1. The number of rotatable bonds is 8. The van der Waals surface area contributed by atoms with Gasteiger partial charge in [-0.2, -0.15) is 0 Å². The summed E-state index contributed by atoms with van der Waals surface area (Å²) in [5.74, 6) is -0.0225. The molecule has 0 saturated heterocycles. The summed E-state index contributed by atoms with van der Waals surface area (Å²) >= 11 is 0. The molecule has 1 saturated carbocycles. The van der Waals surface area contributed by atoms with E-state index in [2.05, 4.69) is 26.8 Å². The maximum atomic E-state index is 15.0. The minimum atomic E-state index is -0.708. The Morgan fingerprint density at radius 3 is 2.49 bits per heavy atom. The lowest BCUT2D eigenvalue weighted by molar-refractivity contribution is -0.139. The van der Waals surface area contributed by atoms with Gasteiger partial charge in [0.2, 0.25) is 0 Å². The van der Waals surface area contributed by atoms with Crippen LogP contribution in [0.25, 0.3) is 11.1 Å². The maximum Gasteiger partial charge on any atom is 0.307 e. The predicted octanol–water partition coefficient (Wildman–Crippen LogP) is 7.49. The molecule has 0 aliphatic heterocycles. The highest BCUT2D eigenvalue weighted by atomic mass is 19.1. The molecular weight excluding hydrogens is 495 g/mol. The predicted molar refractivity (Wildman–Crippen MR) is 149 cm³/mol. The summed E-state index contributed by atoms with van der Waals surface area (Å²) < 4.78 is 32.6. The first-order valence-electron chi connectivity index (χ1n) is 13.6. The second kappa shape index (κ2) is 10.3. The lowest BCUT2D eigenvalue weighted by atomic mass is 9.78. The fourth-order valence-electron chi connectivity index (χ4n) is 6.37. The molecule has 39 heavy (non-hydrogen) atoms. The number of methoxy groups -OCH3 is 2. The van der Waals surface area contributed by atoms with Gasteiger partial charge in [0.05, 0.1) is 19.1 Å². The molecule has 206 valence electrons. The van der Waals surface area contributed by atoms with Crippen molar-refractivity contribution < 1.29 is 28.5 Å². The number of carboxylic acid groups (broad SMARTS) is 1. The largest absolute Gasteiger partial charge is 0.497 e. The lowest BCUT2D eigenvalue weighted by Gasteiger charge is -2.32. The summed E-state index contributed by atoms with van der Waals surface area (Å²) in [6.07, 6.45) is 3.33. The first-order valence-corrected chi connectivity index (χ1v) is 13.6. The van der Waals surface area contributed by atoms with Crippen molar-refractivity contribution >= 4 is 5.97 Å². The zero-order valence-corrected chi connectivity index (χ0v) is 23.3. The number of halogens is 1. The molecule has 0 radical (unpaired) electrons. The Balaban J connectivity index is 1.46. The maximum absolute atomic E-state index is 15.0. The van der Waals surface area contributed by atoms with Gasteiger partial charge in [0.1, 0.15) is 23.9 Å². The van der Waals surface area contributed by atoms with Gasteiger partial charge in [-0.3, -0.25) is 4.79 Å². The van der Waals surface area contributed by atoms with E-state index >= 15 is 4.39 Å². The van der Waals surface area contributed by atoms with E-state index in [1.807, 2.05) is 30.3 Å². The summed E-state index contributed by atoms with van der Waals surface area (Å²) in [4.78, 5) is 11.7. The molecule has 2 aliphatic carbocycles. The molecule has 2 aliphatic rings. The molecule has 0 aromatic heterocycles. The standard InChI is InChI=1S/C33H37FO5/c1-32(2,3)30(38-5)26-15-20(8-12-24(26)25-16-22(37-4)11-13-29(25)34)19-39-23-10-9-21-7-6-14-33(27(21)17-23)18-28(33)31(35)36/h8-13,15-17,28,30H,6-7,14,18-19H2,1-5H3,(H,35,36)/t28-,30+,33-/m0/s1. The van der Waals surface area contributed by atoms with Crippen molar-refractivity contribution in [2.75, 3.05) is 14.2 Å². The highest BCUT2D eigenvalue weighted by Crippen LogP contribution is 2.60. The average Bonchev–Trinajstić information content (AvgIpc) is 3.63. The molecule has 1 fully saturated rings. The van der Waals surface area contributed by atoms with Crippen LogP contribution in [0.2, 0.25) is 0 Å². The highest BCUT2D eigenvalue weighted by molar-refractivity contribution is 5.78. The molecule has 0 bridgehead atoms. The number of fused-ring (bicyclic) bond motifs is 2. The molecule has 3 atom stereocenters. The van der Waals surface area contributed by atoms with Gasteiger partial charge in [-0.1, -0.05) is 39.0 Å². The number of hydrogen-bond donors (Lipinski definition) is 1. The van der Waals surface area contributed by atoms with E-state index in [-0.39, 0.29) is 28.7 Å². The topological polar surface area (TPSA) is 65.0 Å². The molecule has 1 spiro atoms. The molecule has 0 unspecified atom stereocenters. The lowest BCUT2D eigenvalue weighted by Crippen LogP contribution is -2.21. The number of aliphatic carboxylic acids is 1. The van der Waals surface area contributed by atoms with Gasteiger partial charge in [-0.05, 0) is 95.3 Å². The molecule has 6 heteroatoms. The Kier molecular flexibility index (Phi) is 7.19. The zero-order chi connectivity index (χ0) is 27.9. The van der Waals surface area contributed by atoms with Gasteiger partial charge in [0.15, 0.2) is 0 Å². The Morgan fingerprint density at radius 2 is 1.82 bits per heavy atom. The van der Waals surface area contributed by atoms with Gasteiger partial charge < -0.3 is 19.3 Å². The molecule has 3 aromatic rings. The first kappa shape index (κ1) is 27.2. The number of aryl methyl sites for hydroxylation is 1. The third-order valence-electron chi connectivity index (χ3n) is 8.35. The smallest absolute Gasteiger partial charge is 0.307 e. The van der Waals surface area contributed by atoms with Crippen molar-refractivity contribution in [2.45, 2.75) is 64.6 Å². The summed E-state index contributed by atoms with van der Waals surface area (Å²) in [5.41, 5.74) is 4.91. The van der Waals surface area contributed by atoms with E-state index in [9.17, 15) is 9.90 Å². The van der Waals surface area contributed by atoms with Crippen molar-refractivity contribution in [3.8, 4) is 22.6 Å². The number of benzene rings is 3. The summed E-state index contributed by atoms with van der Waals surface area (Å²) in [6, 6.07) is 16.8. The molecule has 5 nitrogen and oxygen atoms in total. The number of hydrogen-bond acceptors (Lipinski definition) is 4. The van der Waals surface area contributed by atoms with Gasteiger partial charge in [-0.15, -0.1) is 0 Å². The van der Waals surface area contributed by atoms with Gasteiger partial charge in [0, 0.05) is 18.1 Å². The minimum absolute atomic E-state index is 0.240. The number of carbonyl (C=O) groups is 1. The van der Waals surface area contributed by atoms with Crippen LogP contribution in [0.1, 0.15) is 68.4 Å². The van der Waals surface area contributed by atoms with Crippen LogP contribution in [-0.2, 0) is 28.0 Å². The van der Waals surface area contributed by atoms with Crippen LogP contribution < -0.4 is 9.47 Å². The van der Waals surface area contributed by atoms with Crippen molar-refractivity contribution in [3.63, 3.8) is 0 Å². The van der Waals surface area contributed by atoms with Crippen molar-refractivity contribution in [3.05, 3.63) is 82.7 Å². The second-order valence-corrected chi connectivity index (χ2v) is 12.0. The molecular formula is C33H37FO5. The van der Waals surface area contributed by atoms with Crippen LogP contribution in [0, 0.1) is 17.2 Å². The molecule has 0 heterocycles. The molecule has 3 aromatic carbocycles. The van der Waals surface area contributed by atoms with Crippen molar-refractivity contribution in [2.24, 2.45) is 11.3 Å². The fourth-order valence-corrected chi connectivity index (χ4v) is 6.37. The summed E-state index contributed by atoms with van der Waals surface area (Å²) in [6.45, 7) is 6.62. The van der Waals surface area contributed by atoms with Crippen LogP contribution in [-0.4, -0.2) is 25.3 Å². The summed E-state index contributed by atoms with van der Waals surface area (Å²) in [5, 5.41) is 9.65. The minimum Gasteiger partial charge on any atom is -0.497 e. The second-order valence-electron chi connectivity index (χ2n) is 12.0. The van der Waals surface area contributed by atoms with E-state index < -0.39 is 5.97 Å². The average molecular weight is 533 g/mol. The van der Waals surface area contributed by atoms with Crippen LogP contribution in [0.3, 0.4) is 0 Å². The van der Waals surface area contributed by atoms with E-state index in [1.54, 1.807) is 26.4 Å². The van der Waals surface area contributed by atoms with E-state index in [0.29, 0.717) is 24.3 Å². The van der Waals surface area contributed by atoms with E-state index in [4.69, 9.17) is 14.2 Å². The third-order valence-corrected chi connectivity index (χ3v) is 8.35. The number of ether oxygens (including phenoxy) is 3. The van der Waals surface area contributed by atoms with Gasteiger partial charge >= 0.3 is 5.97 Å². The van der Waals surface area contributed by atoms with Crippen LogP contribution in [0.4, 0.5) is 4.39 Å². The zero-order valence-electron chi connectivity index (χ0n) is 23.3. The molecule has 5 rings (SSSR count). The van der Waals surface area contributed by atoms with Gasteiger partial charge in [-0.25, -0.2) is 4.39 Å². The van der Waals surface area contributed by atoms with E-state index in [1.165, 1.54) is 11.6 Å². The fraction of sp³-hybridized carbons (Fsp3) is 0.424. The normalized spacial score (nSPS) is 20.8. The highest BCUT2D eigenvalue weighted by Gasteiger charge is 2.60. The quantitative estimate of drug-likeness (QED) is 0.326. The van der Waals surface area contributed by atoms with Gasteiger partial charge in [0.25, 0.3) is 0 Å². The molecule has 1 N–H and O–H groups in total. The van der Waals surface area contributed by atoms with Crippen LogP contribution in [0.5, 0.6) is 11.5 Å². The Bertz CT molecular complexity index is 1390. The monoisotopic (exact) mass is 532 g/mol. The van der Waals surface area contributed by atoms with Crippen LogP contribution >= 0.6 is 0 Å². The Labute approximate surface area is 229 Å². The van der Waals surface area contributed by atoms with Crippen LogP contribution in [0.15, 0.2) is 54.6 Å². The number of carboxylic acids is 1. The third kappa shape index (κ3) is 5.14. The van der Waals surface area contributed by atoms with E-state index in [0.717, 1.165) is 47.3 Å². The Morgan fingerprint density at radius 1 is 1.05 bits per heavy atom. The van der Waals surface area contributed by atoms with Crippen molar-refractivity contribution in [1.29, 1.82) is 0 Å².